The second-order valence-corrected chi connectivity index (χ2v) is 4.47. The Morgan fingerprint density at radius 2 is 1.53 bits per heavy atom. The van der Waals surface area contributed by atoms with E-state index in [1.54, 1.807) is 0 Å². The fourth-order valence-corrected chi connectivity index (χ4v) is 2.08. The van der Waals surface area contributed by atoms with Crippen molar-refractivity contribution in [2.45, 2.75) is 19.8 Å². The number of para-hydroxylation sites is 1. The Bertz CT molecular complexity index is 507. The molecule has 0 unspecified atom stereocenters. The Hall–Kier alpha value is -2.09. The molecule has 0 fully saturated rings. The van der Waals surface area contributed by atoms with E-state index in [9.17, 15) is 4.79 Å². The summed E-state index contributed by atoms with van der Waals surface area (Å²) < 4.78 is 0. The lowest BCUT2D eigenvalue weighted by atomic mass is 10.1. The normalized spacial score (nSPS) is 10.2. The maximum absolute atomic E-state index is 12.1. The van der Waals surface area contributed by atoms with Crippen molar-refractivity contribution >= 4 is 11.6 Å². The largest absolute Gasteiger partial charge is 0.312 e. The highest BCUT2D eigenvalue weighted by Gasteiger charge is 2.13. The van der Waals surface area contributed by atoms with Gasteiger partial charge in [-0.25, -0.2) is 0 Å². The van der Waals surface area contributed by atoms with Gasteiger partial charge in [-0.3, -0.25) is 4.79 Å². The van der Waals surface area contributed by atoms with E-state index >= 15 is 0 Å². The van der Waals surface area contributed by atoms with Gasteiger partial charge in [-0.15, -0.1) is 0 Å². The van der Waals surface area contributed by atoms with Gasteiger partial charge in [-0.05, 0) is 24.1 Å². The molecule has 1 amide bonds. The molecule has 0 aliphatic rings. The van der Waals surface area contributed by atoms with Gasteiger partial charge >= 0.3 is 0 Å². The lowest BCUT2D eigenvalue weighted by Gasteiger charge is -2.22. The molecule has 2 heteroatoms. The van der Waals surface area contributed by atoms with Crippen molar-refractivity contribution in [3.63, 3.8) is 0 Å². The molecule has 0 aliphatic carbocycles. The number of carbonyl (C=O) groups excluding carboxylic acids is 1. The van der Waals surface area contributed by atoms with Crippen LogP contribution in [0.1, 0.15) is 18.9 Å². The average Bonchev–Trinajstić information content (AvgIpc) is 2.49. The van der Waals surface area contributed by atoms with Gasteiger partial charge in [0.2, 0.25) is 5.91 Å². The van der Waals surface area contributed by atoms with E-state index in [-0.39, 0.29) is 5.91 Å². The molecule has 0 saturated carbocycles. The minimum atomic E-state index is 0.169. The van der Waals surface area contributed by atoms with Crippen molar-refractivity contribution < 1.29 is 4.79 Å². The predicted octanol–water partition coefficient (Wildman–Crippen LogP) is 3.67. The lowest BCUT2D eigenvalue weighted by molar-refractivity contribution is -0.118. The number of nitrogens with zero attached hydrogens (tertiary/aromatic N) is 1. The molecule has 0 bridgehead atoms. The van der Waals surface area contributed by atoms with Crippen LogP contribution in [0.4, 0.5) is 5.69 Å². The van der Waals surface area contributed by atoms with Crippen LogP contribution in [0.5, 0.6) is 0 Å². The van der Waals surface area contributed by atoms with Crippen molar-refractivity contribution in [3.8, 4) is 0 Å². The van der Waals surface area contributed by atoms with Crippen LogP contribution < -0.4 is 4.90 Å². The minimum absolute atomic E-state index is 0.169. The zero-order valence-corrected chi connectivity index (χ0v) is 11.3. The van der Waals surface area contributed by atoms with Gasteiger partial charge in [0.05, 0.1) is 0 Å². The van der Waals surface area contributed by atoms with E-state index in [4.69, 9.17) is 0 Å². The van der Waals surface area contributed by atoms with E-state index in [1.807, 2.05) is 60.4 Å². The molecule has 2 aromatic rings. The van der Waals surface area contributed by atoms with E-state index in [1.165, 1.54) is 5.56 Å². The van der Waals surface area contributed by atoms with Crippen molar-refractivity contribution in [1.29, 1.82) is 0 Å². The van der Waals surface area contributed by atoms with Gasteiger partial charge in [0.15, 0.2) is 0 Å². The lowest BCUT2D eigenvalue weighted by Crippen LogP contribution is -2.32. The first-order chi connectivity index (χ1) is 9.31. The predicted molar refractivity (Wildman–Crippen MR) is 79.2 cm³/mol. The van der Waals surface area contributed by atoms with Gasteiger partial charge < -0.3 is 4.90 Å². The summed E-state index contributed by atoms with van der Waals surface area (Å²) in [7, 11) is 0. The molecule has 0 atom stereocenters. The highest BCUT2D eigenvalue weighted by atomic mass is 16.2. The Morgan fingerprint density at radius 1 is 0.947 bits per heavy atom. The molecular weight excluding hydrogens is 234 g/mol. The summed E-state index contributed by atoms with van der Waals surface area (Å²) in [4.78, 5) is 13.9. The van der Waals surface area contributed by atoms with Gasteiger partial charge in [-0.1, -0.05) is 55.5 Å². The summed E-state index contributed by atoms with van der Waals surface area (Å²) in [6.07, 6.45) is 1.41. The van der Waals surface area contributed by atoms with Crippen LogP contribution >= 0.6 is 0 Å². The van der Waals surface area contributed by atoms with Gasteiger partial charge in [0, 0.05) is 18.7 Å². The summed E-state index contributed by atoms with van der Waals surface area (Å²) in [5, 5.41) is 0. The van der Waals surface area contributed by atoms with Crippen molar-refractivity contribution in [2.24, 2.45) is 0 Å². The van der Waals surface area contributed by atoms with Crippen molar-refractivity contribution in [1.82, 2.24) is 0 Å². The molecule has 0 radical (unpaired) electrons. The molecule has 0 N–H and O–H groups in total. The minimum Gasteiger partial charge on any atom is -0.312 e. The summed E-state index contributed by atoms with van der Waals surface area (Å²) in [5.41, 5.74) is 2.23. The van der Waals surface area contributed by atoms with Crippen LogP contribution in [-0.2, 0) is 11.2 Å². The molecule has 0 heterocycles. The first kappa shape index (κ1) is 13.3. The topological polar surface area (TPSA) is 20.3 Å². The molecule has 0 spiro atoms. The number of amides is 1. The molecule has 98 valence electrons. The fourth-order valence-electron chi connectivity index (χ4n) is 2.08. The number of carbonyl (C=O) groups is 1. The van der Waals surface area contributed by atoms with Gasteiger partial charge in [0.25, 0.3) is 0 Å². The fraction of sp³-hybridized carbons (Fsp3) is 0.235. The first-order valence-corrected chi connectivity index (χ1v) is 6.70. The van der Waals surface area contributed by atoms with Gasteiger partial charge in [0.1, 0.15) is 0 Å². The monoisotopic (exact) mass is 253 g/mol. The Morgan fingerprint density at radius 3 is 2.11 bits per heavy atom. The second-order valence-electron chi connectivity index (χ2n) is 4.47. The summed E-state index contributed by atoms with van der Waals surface area (Å²) in [6, 6.07) is 20.1. The Labute approximate surface area is 114 Å². The summed E-state index contributed by atoms with van der Waals surface area (Å²) >= 11 is 0. The molecule has 2 rings (SSSR count). The number of hydrogen-bond acceptors (Lipinski definition) is 1. The third-order valence-corrected chi connectivity index (χ3v) is 3.14. The van der Waals surface area contributed by atoms with E-state index in [0.29, 0.717) is 6.42 Å². The summed E-state index contributed by atoms with van der Waals surface area (Å²) in [5.74, 6) is 0.169. The SMILES string of the molecule is CCC(=O)N(CCc1ccccc1)c1ccccc1. The highest BCUT2D eigenvalue weighted by Crippen LogP contribution is 2.15. The zero-order chi connectivity index (χ0) is 13.5. The Balaban J connectivity index is 2.09. The molecule has 2 nitrogen and oxygen atoms in total. The van der Waals surface area contributed by atoms with Crippen LogP contribution in [-0.4, -0.2) is 12.5 Å². The number of rotatable bonds is 5. The first-order valence-electron chi connectivity index (χ1n) is 6.70. The number of anilines is 1. The molecule has 2 aromatic carbocycles. The molecular formula is C17H19NO. The van der Waals surface area contributed by atoms with Crippen LogP contribution in [0.15, 0.2) is 60.7 Å². The highest BCUT2D eigenvalue weighted by molar-refractivity contribution is 5.93. The van der Waals surface area contributed by atoms with Crippen molar-refractivity contribution in [2.75, 3.05) is 11.4 Å². The zero-order valence-electron chi connectivity index (χ0n) is 11.3. The molecule has 19 heavy (non-hydrogen) atoms. The summed E-state index contributed by atoms with van der Waals surface area (Å²) in [6.45, 7) is 2.63. The number of benzene rings is 2. The van der Waals surface area contributed by atoms with Gasteiger partial charge in [-0.2, -0.15) is 0 Å². The standard InChI is InChI=1S/C17H19NO/c1-2-17(19)18(16-11-7-4-8-12-16)14-13-15-9-5-3-6-10-15/h3-12H,2,13-14H2,1H3. The number of hydrogen-bond donors (Lipinski definition) is 0. The van der Waals surface area contributed by atoms with Crippen LogP contribution in [0.3, 0.4) is 0 Å². The quantitative estimate of drug-likeness (QED) is 0.796. The van der Waals surface area contributed by atoms with E-state index in [2.05, 4.69) is 12.1 Å². The second kappa shape index (κ2) is 6.74. The maximum atomic E-state index is 12.1. The molecule has 0 saturated heterocycles. The van der Waals surface area contributed by atoms with Crippen LogP contribution in [0, 0.1) is 0 Å². The molecule has 0 aromatic heterocycles. The third kappa shape index (κ3) is 3.68. The van der Waals surface area contributed by atoms with Crippen molar-refractivity contribution in [3.05, 3.63) is 66.2 Å². The molecule has 0 aliphatic heterocycles. The van der Waals surface area contributed by atoms with Crippen LogP contribution in [0.2, 0.25) is 0 Å². The Kier molecular flexibility index (Phi) is 4.73. The third-order valence-electron chi connectivity index (χ3n) is 3.14. The average molecular weight is 253 g/mol. The smallest absolute Gasteiger partial charge is 0.226 e. The van der Waals surface area contributed by atoms with E-state index < -0.39 is 0 Å². The van der Waals surface area contributed by atoms with Crippen LogP contribution in [0.25, 0.3) is 0 Å². The van der Waals surface area contributed by atoms with E-state index in [0.717, 1.165) is 18.7 Å². The maximum Gasteiger partial charge on any atom is 0.226 e.